The second-order valence-corrected chi connectivity index (χ2v) is 7.53. The molecule has 0 spiro atoms. The van der Waals surface area contributed by atoms with E-state index in [1.165, 1.54) is 12.1 Å². The highest BCUT2D eigenvalue weighted by Crippen LogP contribution is 2.25. The maximum atomic E-state index is 14.3. The van der Waals surface area contributed by atoms with E-state index >= 15 is 0 Å². The Hall–Kier alpha value is -3.49. The number of hydrogen-bond acceptors (Lipinski definition) is 6. The number of carbonyl (C=O) groups excluding carboxylic acids is 2. The van der Waals surface area contributed by atoms with Crippen molar-refractivity contribution in [1.29, 1.82) is 0 Å². The van der Waals surface area contributed by atoms with Gasteiger partial charge in [0.05, 0.1) is 22.3 Å². The van der Waals surface area contributed by atoms with Crippen LogP contribution >= 0.6 is 0 Å². The van der Waals surface area contributed by atoms with Gasteiger partial charge in [-0.25, -0.2) is 14.2 Å². The molecule has 0 unspecified atom stereocenters. The van der Waals surface area contributed by atoms with Crippen LogP contribution in [0.3, 0.4) is 0 Å². The van der Waals surface area contributed by atoms with Crippen LogP contribution in [0.1, 0.15) is 42.5 Å². The summed E-state index contributed by atoms with van der Waals surface area (Å²) in [5, 5.41) is 9.31. The average Bonchev–Trinajstić information content (AvgIpc) is 2.96. The highest BCUT2D eigenvalue weighted by Gasteiger charge is 2.20. The van der Waals surface area contributed by atoms with Gasteiger partial charge in [0.25, 0.3) is 11.6 Å². The Balaban J connectivity index is 1.86. The van der Waals surface area contributed by atoms with Gasteiger partial charge in [-0.3, -0.25) is 10.1 Å². The number of halogens is 1. The number of benzene rings is 1. The quantitative estimate of drug-likeness (QED) is 0.667. The summed E-state index contributed by atoms with van der Waals surface area (Å²) in [5.74, 6) is -1.21. The summed E-state index contributed by atoms with van der Waals surface area (Å²) in [6.07, 6.45) is -0.687. The van der Waals surface area contributed by atoms with E-state index in [4.69, 9.17) is 9.26 Å². The van der Waals surface area contributed by atoms with Gasteiger partial charge in [0.15, 0.2) is 0 Å². The van der Waals surface area contributed by atoms with E-state index in [1.54, 1.807) is 40.7 Å². The molecule has 0 bridgehead atoms. The van der Waals surface area contributed by atoms with E-state index < -0.39 is 23.4 Å². The molecule has 0 radical (unpaired) electrons. The number of ether oxygens (including phenoxy) is 1. The van der Waals surface area contributed by atoms with Crippen molar-refractivity contribution in [3.63, 3.8) is 0 Å². The van der Waals surface area contributed by atoms with Crippen molar-refractivity contribution in [3.8, 4) is 0 Å². The Kier molecular flexibility index (Phi) is 5.23. The van der Waals surface area contributed by atoms with E-state index in [2.05, 4.69) is 20.8 Å². The monoisotopic (exact) mass is 400 g/mol. The number of anilines is 2. The van der Waals surface area contributed by atoms with Gasteiger partial charge in [-0.15, -0.1) is 0 Å². The number of nitrogens with one attached hydrogen (secondary N) is 2. The van der Waals surface area contributed by atoms with Crippen LogP contribution in [0.25, 0.3) is 11.1 Å². The van der Waals surface area contributed by atoms with Gasteiger partial charge in [0.2, 0.25) is 0 Å². The number of aryl methyl sites for hydroxylation is 2. The number of fused-ring (bicyclic) bond motifs is 1. The number of amides is 2. The molecule has 0 atom stereocenters. The lowest BCUT2D eigenvalue weighted by molar-refractivity contribution is 0.0635. The molecular formula is C20H21FN4O4. The van der Waals surface area contributed by atoms with Crippen LogP contribution in [0.2, 0.25) is 0 Å². The van der Waals surface area contributed by atoms with Crippen LogP contribution < -0.4 is 10.6 Å². The molecule has 2 amide bonds. The van der Waals surface area contributed by atoms with E-state index in [0.717, 1.165) is 6.07 Å². The number of nitrogens with zero attached hydrogens (tertiary/aromatic N) is 2. The van der Waals surface area contributed by atoms with Crippen LogP contribution in [-0.2, 0) is 4.74 Å². The van der Waals surface area contributed by atoms with Crippen molar-refractivity contribution < 1.29 is 23.2 Å². The molecule has 8 nitrogen and oxygen atoms in total. The third-order valence-corrected chi connectivity index (χ3v) is 3.85. The maximum absolute atomic E-state index is 14.3. The van der Waals surface area contributed by atoms with Gasteiger partial charge in [0, 0.05) is 11.4 Å². The first-order valence-corrected chi connectivity index (χ1v) is 8.88. The first-order chi connectivity index (χ1) is 13.5. The van der Waals surface area contributed by atoms with Gasteiger partial charge in [-0.05, 0) is 58.9 Å². The number of aromatic nitrogens is 2. The molecular weight excluding hydrogens is 379 g/mol. The standard InChI is InChI=1S/C20H21FN4O4/c1-10-8-13(16-11(2)25-29-18(16)22-10)17(26)24-15-9-12(6-7-14(15)21)23-19(27)28-20(3,4)5/h6-9H,1-5H3,(H,23,27)(H,24,26). The number of carbonyl (C=O) groups is 2. The van der Waals surface area contributed by atoms with Crippen molar-refractivity contribution in [1.82, 2.24) is 10.1 Å². The predicted molar refractivity (Wildman–Crippen MR) is 105 cm³/mol. The molecule has 0 aliphatic carbocycles. The van der Waals surface area contributed by atoms with Crippen LogP contribution in [-0.4, -0.2) is 27.7 Å². The minimum Gasteiger partial charge on any atom is -0.444 e. The fourth-order valence-corrected chi connectivity index (χ4v) is 2.71. The molecule has 152 valence electrons. The number of rotatable bonds is 3. The van der Waals surface area contributed by atoms with Crippen molar-refractivity contribution in [2.45, 2.75) is 40.2 Å². The Morgan fingerprint density at radius 3 is 2.55 bits per heavy atom. The first kappa shape index (κ1) is 20.2. The largest absolute Gasteiger partial charge is 0.444 e. The molecule has 3 rings (SSSR count). The second kappa shape index (κ2) is 7.50. The topological polar surface area (TPSA) is 106 Å². The summed E-state index contributed by atoms with van der Waals surface area (Å²) in [7, 11) is 0. The Labute approximate surface area is 166 Å². The van der Waals surface area contributed by atoms with Crippen molar-refractivity contribution in [2.75, 3.05) is 10.6 Å². The zero-order valence-electron chi connectivity index (χ0n) is 16.7. The average molecular weight is 400 g/mol. The lowest BCUT2D eigenvalue weighted by Gasteiger charge is -2.20. The minimum atomic E-state index is -0.687. The highest BCUT2D eigenvalue weighted by atomic mass is 19.1. The summed E-state index contributed by atoms with van der Waals surface area (Å²) >= 11 is 0. The number of pyridine rings is 1. The summed E-state index contributed by atoms with van der Waals surface area (Å²) < 4.78 is 24.6. The molecule has 0 aliphatic heterocycles. The Bertz CT molecular complexity index is 1100. The van der Waals surface area contributed by atoms with Crippen LogP contribution in [0, 0.1) is 19.7 Å². The van der Waals surface area contributed by atoms with E-state index in [1.807, 2.05) is 0 Å². The molecule has 29 heavy (non-hydrogen) atoms. The molecule has 0 fully saturated rings. The first-order valence-electron chi connectivity index (χ1n) is 8.88. The molecule has 2 heterocycles. The molecule has 0 aliphatic rings. The van der Waals surface area contributed by atoms with E-state index in [0.29, 0.717) is 16.8 Å². The molecule has 9 heteroatoms. The Morgan fingerprint density at radius 2 is 1.86 bits per heavy atom. The van der Waals surface area contributed by atoms with Gasteiger partial charge in [-0.1, -0.05) is 5.16 Å². The fourth-order valence-electron chi connectivity index (χ4n) is 2.71. The molecule has 1 aromatic carbocycles. The van der Waals surface area contributed by atoms with Crippen molar-refractivity contribution in [3.05, 3.63) is 47.0 Å². The maximum Gasteiger partial charge on any atom is 0.412 e. The summed E-state index contributed by atoms with van der Waals surface area (Å²) in [4.78, 5) is 28.9. The third kappa shape index (κ3) is 4.68. The van der Waals surface area contributed by atoms with Crippen molar-refractivity contribution >= 4 is 34.5 Å². The molecule has 0 saturated carbocycles. The highest BCUT2D eigenvalue weighted by molar-refractivity contribution is 6.12. The zero-order chi connectivity index (χ0) is 21.3. The molecule has 0 saturated heterocycles. The lowest BCUT2D eigenvalue weighted by atomic mass is 10.1. The van der Waals surface area contributed by atoms with Crippen LogP contribution in [0.15, 0.2) is 28.8 Å². The normalized spacial score (nSPS) is 11.4. The van der Waals surface area contributed by atoms with Gasteiger partial charge >= 0.3 is 6.09 Å². The molecule has 3 aromatic rings. The molecule has 2 N–H and O–H groups in total. The fraction of sp³-hybridized carbons (Fsp3) is 0.300. The van der Waals surface area contributed by atoms with Gasteiger partial charge in [-0.2, -0.15) is 0 Å². The number of hydrogen-bond donors (Lipinski definition) is 2. The van der Waals surface area contributed by atoms with E-state index in [-0.39, 0.29) is 22.7 Å². The minimum absolute atomic E-state index is 0.0970. The summed E-state index contributed by atoms with van der Waals surface area (Å²) in [6, 6.07) is 5.39. The SMILES string of the molecule is Cc1cc(C(=O)Nc2cc(NC(=O)OC(C)(C)C)ccc2F)c2c(C)noc2n1. The van der Waals surface area contributed by atoms with Gasteiger partial charge in [0.1, 0.15) is 11.4 Å². The van der Waals surface area contributed by atoms with E-state index in [9.17, 15) is 14.0 Å². The summed E-state index contributed by atoms with van der Waals surface area (Å²) in [6.45, 7) is 8.58. The lowest BCUT2D eigenvalue weighted by Crippen LogP contribution is -2.27. The van der Waals surface area contributed by atoms with Gasteiger partial charge < -0.3 is 14.6 Å². The smallest absolute Gasteiger partial charge is 0.412 e. The zero-order valence-corrected chi connectivity index (χ0v) is 16.7. The third-order valence-electron chi connectivity index (χ3n) is 3.85. The summed E-state index contributed by atoms with van der Waals surface area (Å²) in [5.41, 5.74) is 1.04. The predicted octanol–water partition coefficient (Wildman–Crippen LogP) is 4.58. The second-order valence-electron chi connectivity index (χ2n) is 7.53. The van der Waals surface area contributed by atoms with Crippen LogP contribution in [0.4, 0.5) is 20.6 Å². The van der Waals surface area contributed by atoms with Crippen LogP contribution in [0.5, 0.6) is 0 Å². The van der Waals surface area contributed by atoms with Crippen molar-refractivity contribution in [2.24, 2.45) is 0 Å². The Morgan fingerprint density at radius 1 is 1.14 bits per heavy atom. The molecule has 2 aromatic heterocycles.